The van der Waals surface area contributed by atoms with Crippen LogP contribution in [0.15, 0.2) is 10.6 Å². The standard InChI is InChI=1S/C21H30F2N4O5S/c1-9(5-13(28)21(22,23)8-24)14-15-10(2)17(16(20(31)32)27(15)19(14)30)33-11-6-12(25-7-11)18(29)26(3)4/h9-12,14-15,25H,5-8,24H2,1-4H3,(H,31,32)/t9-,10+,11-,12-,14+,15-/m0/s1. The molecule has 9 nitrogen and oxygen atoms in total. The number of halogens is 2. The molecule has 3 aliphatic rings. The maximum atomic E-state index is 13.6. The first kappa shape index (κ1) is 25.6. The Kier molecular flexibility index (Phi) is 7.21. The lowest BCUT2D eigenvalue weighted by Crippen LogP contribution is -2.62. The second kappa shape index (κ2) is 9.30. The molecule has 2 saturated heterocycles. The van der Waals surface area contributed by atoms with Gasteiger partial charge in [-0.25, -0.2) is 4.79 Å². The summed E-state index contributed by atoms with van der Waals surface area (Å²) in [5.74, 6) is -8.47. The molecule has 0 aromatic carbocycles. The fourth-order valence-corrected chi connectivity index (χ4v) is 6.40. The van der Waals surface area contributed by atoms with E-state index in [1.165, 1.54) is 21.6 Å². The van der Waals surface area contributed by atoms with Crippen molar-refractivity contribution < 1.29 is 33.1 Å². The highest BCUT2D eigenvalue weighted by molar-refractivity contribution is 8.03. The van der Waals surface area contributed by atoms with Crippen molar-refractivity contribution in [3.8, 4) is 0 Å². The number of ketones is 1. The molecule has 3 aliphatic heterocycles. The molecule has 184 valence electrons. The summed E-state index contributed by atoms with van der Waals surface area (Å²) < 4.78 is 27.3. The first-order valence-corrected chi connectivity index (χ1v) is 11.7. The number of hydrogen-bond acceptors (Lipinski definition) is 7. The van der Waals surface area contributed by atoms with E-state index < -0.39 is 54.4 Å². The van der Waals surface area contributed by atoms with Crippen LogP contribution in [0.1, 0.15) is 26.7 Å². The Morgan fingerprint density at radius 1 is 1.36 bits per heavy atom. The lowest BCUT2D eigenvalue weighted by molar-refractivity contribution is -0.161. The predicted octanol–water partition coefficient (Wildman–Crippen LogP) is 0.501. The Morgan fingerprint density at radius 3 is 2.55 bits per heavy atom. The summed E-state index contributed by atoms with van der Waals surface area (Å²) >= 11 is 1.35. The van der Waals surface area contributed by atoms with Gasteiger partial charge < -0.3 is 26.0 Å². The zero-order valence-corrected chi connectivity index (χ0v) is 19.8. The minimum atomic E-state index is -3.65. The number of amides is 2. The van der Waals surface area contributed by atoms with E-state index >= 15 is 0 Å². The average Bonchev–Trinajstić information content (AvgIpc) is 3.29. The smallest absolute Gasteiger partial charge is 0.353 e. The van der Waals surface area contributed by atoms with E-state index in [0.717, 1.165) is 0 Å². The van der Waals surface area contributed by atoms with Crippen LogP contribution in [0, 0.1) is 17.8 Å². The molecule has 6 atom stereocenters. The van der Waals surface area contributed by atoms with E-state index in [9.17, 15) is 33.1 Å². The van der Waals surface area contributed by atoms with Crippen LogP contribution in [0.5, 0.6) is 0 Å². The van der Waals surface area contributed by atoms with Gasteiger partial charge in [-0.2, -0.15) is 8.78 Å². The van der Waals surface area contributed by atoms with Crippen LogP contribution in [0.4, 0.5) is 8.78 Å². The third kappa shape index (κ3) is 4.52. The van der Waals surface area contributed by atoms with Crippen molar-refractivity contribution in [3.63, 3.8) is 0 Å². The Bertz CT molecular complexity index is 896. The van der Waals surface area contributed by atoms with Crippen LogP contribution in [-0.4, -0.2) is 88.9 Å². The van der Waals surface area contributed by atoms with Crippen LogP contribution >= 0.6 is 11.8 Å². The largest absolute Gasteiger partial charge is 0.477 e. The molecule has 0 spiro atoms. The average molecular weight is 489 g/mol. The van der Waals surface area contributed by atoms with Gasteiger partial charge in [0.15, 0.2) is 0 Å². The molecule has 4 N–H and O–H groups in total. The molecule has 2 fully saturated rings. The fraction of sp³-hybridized carbons (Fsp3) is 0.714. The number of rotatable bonds is 9. The van der Waals surface area contributed by atoms with E-state index in [1.807, 2.05) is 6.92 Å². The molecule has 0 unspecified atom stereocenters. The minimum Gasteiger partial charge on any atom is -0.477 e. The van der Waals surface area contributed by atoms with Gasteiger partial charge in [0.2, 0.25) is 17.6 Å². The Balaban J connectivity index is 1.75. The Labute approximate surface area is 195 Å². The summed E-state index contributed by atoms with van der Waals surface area (Å²) in [7, 11) is 3.33. The molecule has 0 radical (unpaired) electrons. The highest BCUT2D eigenvalue weighted by atomic mass is 32.2. The van der Waals surface area contributed by atoms with Gasteiger partial charge in [-0.15, -0.1) is 11.8 Å². The topological polar surface area (TPSA) is 133 Å². The molecule has 2 amide bonds. The number of fused-ring (bicyclic) bond motifs is 1. The maximum Gasteiger partial charge on any atom is 0.353 e. The van der Waals surface area contributed by atoms with E-state index in [0.29, 0.717) is 17.9 Å². The molecule has 12 heteroatoms. The predicted molar refractivity (Wildman–Crippen MR) is 117 cm³/mol. The molecule has 0 aliphatic carbocycles. The molecule has 3 heterocycles. The van der Waals surface area contributed by atoms with Crippen molar-refractivity contribution in [1.82, 2.24) is 15.1 Å². The van der Waals surface area contributed by atoms with Gasteiger partial charge >= 0.3 is 11.9 Å². The summed E-state index contributed by atoms with van der Waals surface area (Å²) in [4.78, 5) is 52.3. The van der Waals surface area contributed by atoms with Crippen molar-refractivity contribution in [3.05, 3.63) is 10.6 Å². The highest BCUT2D eigenvalue weighted by Crippen LogP contribution is 2.53. The van der Waals surface area contributed by atoms with Gasteiger partial charge in [0.1, 0.15) is 5.70 Å². The number of likely N-dealkylation sites (N-methyl/N-ethyl adjacent to an activating group) is 1. The van der Waals surface area contributed by atoms with Crippen LogP contribution in [0.25, 0.3) is 0 Å². The zero-order valence-electron chi connectivity index (χ0n) is 19.0. The normalized spacial score (nSPS) is 30.2. The monoisotopic (exact) mass is 488 g/mol. The van der Waals surface area contributed by atoms with Crippen LogP contribution < -0.4 is 11.1 Å². The second-order valence-electron chi connectivity index (χ2n) is 9.21. The number of nitrogens with two attached hydrogens (primary N) is 1. The number of nitrogens with zero attached hydrogens (tertiary/aromatic N) is 2. The summed E-state index contributed by atoms with van der Waals surface area (Å²) in [5, 5.41) is 12.9. The highest BCUT2D eigenvalue weighted by Gasteiger charge is 2.60. The molecule has 3 rings (SSSR count). The zero-order chi connectivity index (χ0) is 24.8. The molecular weight excluding hydrogens is 458 g/mol. The van der Waals surface area contributed by atoms with E-state index in [4.69, 9.17) is 5.73 Å². The van der Waals surface area contributed by atoms with Crippen LogP contribution in [0.3, 0.4) is 0 Å². The lowest BCUT2D eigenvalue weighted by atomic mass is 9.73. The Morgan fingerprint density at radius 2 is 2.00 bits per heavy atom. The molecule has 33 heavy (non-hydrogen) atoms. The second-order valence-corrected chi connectivity index (χ2v) is 10.6. The number of carboxylic acid groups (broad SMARTS) is 1. The van der Waals surface area contributed by atoms with Crippen molar-refractivity contribution in [2.24, 2.45) is 23.5 Å². The minimum absolute atomic E-state index is 0.0554. The molecule has 0 saturated carbocycles. The van der Waals surface area contributed by atoms with Gasteiger partial charge in [0.05, 0.1) is 24.5 Å². The number of carboxylic acids is 1. The number of thioether (sulfide) groups is 1. The number of carbonyl (C=O) groups excluding carboxylic acids is 3. The number of β-lactam (4-membered cyclic amide) rings is 1. The third-order valence-corrected chi connectivity index (χ3v) is 8.21. The van der Waals surface area contributed by atoms with Gasteiger partial charge in [-0.05, 0) is 12.3 Å². The number of Topliss-reactive ketones (excluding diaryl/α,β-unsaturated/α-hetero) is 1. The van der Waals surface area contributed by atoms with Crippen LogP contribution in [0.2, 0.25) is 0 Å². The van der Waals surface area contributed by atoms with Gasteiger partial charge in [0, 0.05) is 43.1 Å². The van der Waals surface area contributed by atoms with Crippen molar-refractivity contribution in [1.29, 1.82) is 0 Å². The van der Waals surface area contributed by atoms with Crippen molar-refractivity contribution >= 4 is 35.3 Å². The molecular formula is C21H30F2N4O5S. The number of alkyl halides is 2. The van der Waals surface area contributed by atoms with Crippen molar-refractivity contribution in [2.75, 3.05) is 27.2 Å². The van der Waals surface area contributed by atoms with Gasteiger partial charge in [-0.1, -0.05) is 13.8 Å². The molecule has 0 aromatic rings. The van der Waals surface area contributed by atoms with E-state index in [2.05, 4.69) is 5.32 Å². The SMILES string of the molecule is C[C@@H](CC(=O)C(F)(F)CN)[C@H]1C(=O)N2C(C(=O)O)=C(S[C@@H]3CN[C@H](C(=O)N(C)C)C3)[C@H](C)[C@@H]12. The number of aliphatic carboxylic acids is 1. The number of nitrogens with one attached hydrogen (secondary N) is 1. The maximum absolute atomic E-state index is 13.6. The summed E-state index contributed by atoms with van der Waals surface area (Å²) in [6.45, 7) is 2.78. The summed E-state index contributed by atoms with van der Waals surface area (Å²) in [6.07, 6.45) is 0.00926. The lowest BCUT2D eigenvalue weighted by Gasteiger charge is -2.47. The van der Waals surface area contributed by atoms with E-state index in [-0.39, 0.29) is 28.8 Å². The number of carbonyl (C=O) groups is 4. The summed E-state index contributed by atoms with van der Waals surface area (Å²) in [6, 6.07) is -0.862. The first-order valence-electron chi connectivity index (χ1n) is 10.8. The third-order valence-electron chi connectivity index (χ3n) is 6.70. The quantitative estimate of drug-likeness (QED) is 0.400. The number of hydrogen-bond donors (Lipinski definition) is 3. The summed E-state index contributed by atoms with van der Waals surface area (Å²) in [5.41, 5.74) is 4.89. The first-order chi connectivity index (χ1) is 15.3. The fourth-order valence-electron chi connectivity index (χ4n) is 4.92. The molecule has 0 bridgehead atoms. The van der Waals surface area contributed by atoms with Crippen molar-refractivity contribution in [2.45, 2.75) is 49.9 Å². The van der Waals surface area contributed by atoms with E-state index in [1.54, 1.807) is 21.0 Å². The van der Waals surface area contributed by atoms with Gasteiger partial charge in [-0.3, -0.25) is 14.4 Å². The van der Waals surface area contributed by atoms with Crippen LogP contribution in [-0.2, 0) is 19.2 Å². The molecule has 0 aromatic heterocycles. The van der Waals surface area contributed by atoms with Gasteiger partial charge in [0.25, 0.3) is 0 Å². The Hall–Kier alpha value is -2.05.